The van der Waals surface area contributed by atoms with Gasteiger partial charge in [0.05, 0.1) is 17.6 Å². The van der Waals surface area contributed by atoms with Gasteiger partial charge < -0.3 is 10.5 Å². The highest BCUT2D eigenvalue weighted by molar-refractivity contribution is 5.80. The molecule has 0 aliphatic rings. The minimum atomic E-state index is -0.282. The van der Waals surface area contributed by atoms with Crippen LogP contribution in [0.2, 0.25) is 0 Å². The van der Waals surface area contributed by atoms with Crippen LogP contribution >= 0.6 is 0 Å². The van der Waals surface area contributed by atoms with E-state index in [9.17, 15) is 4.79 Å². The van der Waals surface area contributed by atoms with Gasteiger partial charge in [-0.2, -0.15) is 0 Å². The van der Waals surface area contributed by atoms with E-state index in [0.717, 1.165) is 17.5 Å². The lowest BCUT2D eigenvalue weighted by Gasteiger charge is -2.08. The SMILES string of the molecule is CC(C)CCOC(=O)Cn1c(N)nc2ccccc21. The van der Waals surface area contributed by atoms with Crippen LogP contribution in [0.15, 0.2) is 24.3 Å². The minimum absolute atomic E-state index is 0.102. The highest BCUT2D eigenvalue weighted by Crippen LogP contribution is 2.17. The maximum Gasteiger partial charge on any atom is 0.326 e. The van der Waals surface area contributed by atoms with Crippen molar-refractivity contribution in [3.05, 3.63) is 24.3 Å². The van der Waals surface area contributed by atoms with Crippen LogP contribution in [0.25, 0.3) is 11.0 Å². The summed E-state index contributed by atoms with van der Waals surface area (Å²) in [5.74, 6) is 0.574. The first-order chi connectivity index (χ1) is 9.08. The lowest BCUT2D eigenvalue weighted by Crippen LogP contribution is -2.16. The summed E-state index contributed by atoms with van der Waals surface area (Å²) in [6.07, 6.45) is 0.867. The third kappa shape index (κ3) is 3.24. The molecule has 2 aromatic rings. The van der Waals surface area contributed by atoms with Crippen LogP contribution < -0.4 is 5.73 Å². The lowest BCUT2D eigenvalue weighted by atomic mass is 10.1. The third-order valence-electron chi connectivity index (χ3n) is 2.93. The second kappa shape index (κ2) is 5.73. The van der Waals surface area contributed by atoms with E-state index in [-0.39, 0.29) is 12.5 Å². The standard InChI is InChI=1S/C14H19N3O2/c1-10(2)7-8-19-13(18)9-17-12-6-4-3-5-11(12)16-14(17)15/h3-6,10H,7-9H2,1-2H3,(H2,15,16). The van der Waals surface area contributed by atoms with Crippen LogP contribution in [-0.2, 0) is 16.1 Å². The van der Waals surface area contributed by atoms with Crippen molar-refractivity contribution in [2.24, 2.45) is 5.92 Å². The summed E-state index contributed by atoms with van der Waals surface area (Å²) in [6, 6.07) is 7.54. The van der Waals surface area contributed by atoms with Crippen molar-refractivity contribution < 1.29 is 9.53 Å². The summed E-state index contributed by atoms with van der Waals surface area (Å²) in [4.78, 5) is 16.0. The predicted octanol–water partition coefficient (Wildman–Crippen LogP) is 2.21. The van der Waals surface area contributed by atoms with E-state index >= 15 is 0 Å². The van der Waals surface area contributed by atoms with E-state index in [1.807, 2.05) is 24.3 Å². The molecule has 1 aromatic heterocycles. The number of benzene rings is 1. The molecule has 0 aliphatic carbocycles. The molecular formula is C14H19N3O2. The van der Waals surface area contributed by atoms with Crippen LogP contribution in [-0.4, -0.2) is 22.1 Å². The molecule has 0 spiro atoms. The van der Waals surface area contributed by atoms with Gasteiger partial charge in [-0.25, -0.2) is 4.98 Å². The van der Waals surface area contributed by atoms with Gasteiger partial charge in [0.1, 0.15) is 6.54 Å². The van der Waals surface area contributed by atoms with Crippen LogP contribution in [0, 0.1) is 5.92 Å². The Labute approximate surface area is 112 Å². The maximum absolute atomic E-state index is 11.8. The topological polar surface area (TPSA) is 70.1 Å². The molecule has 0 saturated heterocycles. The number of carbonyl (C=O) groups excluding carboxylic acids is 1. The van der Waals surface area contributed by atoms with Gasteiger partial charge in [0.25, 0.3) is 0 Å². The van der Waals surface area contributed by atoms with Crippen molar-refractivity contribution in [1.29, 1.82) is 0 Å². The monoisotopic (exact) mass is 261 g/mol. The van der Waals surface area contributed by atoms with Crippen molar-refractivity contribution in [1.82, 2.24) is 9.55 Å². The highest BCUT2D eigenvalue weighted by atomic mass is 16.5. The number of anilines is 1. The molecule has 2 rings (SSSR count). The summed E-state index contributed by atoms with van der Waals surface area (Å²) < 4.78 is 6.86. The summed E-state index contributed by atoms with van der Waals surface area (Å²) >= 11 is 0. The number of imidazole rings is 1. The summed E-state index contributed by atoms with van der Waals surface area (Å²) in [5, 5.41) is 0. The molecule has 0 bridgehead atoms. The molecule has 2 N–H and O–H groups in total. The summed E-state index contributed by atoms with van der Waals surface area (Å²) in [5.41, 5.74) is 7.46. The Morgan fingerprint density at radius 3 is 2.89 bits per heavy atom. The second-order valence-corrected chi connectivity index (χ2v) is 4.95. The number of nitrogens with two attached hydrogens (primary N) is 1. The lowest BCUT2D eigenvalue weighted by molar-refractivity contribution is -0.144. The van der Waals surface area contributed by atoms with Crippen molar-refractivity contribution in [2.45, 2.75) is 26.8 Å². The van der Waals surface area contributed by atoms with Crippen LogP contribution in [0.3, 0.4) is 0 Å². The van der Waals surface area contributed by atoms with E-state index in [1.54, 1.807) is 4.57 Å². The number of fused-ring (bicyclic) bond motifs is 1. The number of hydrogen-bond donors (Lipinski definition) is 1. The van der Waals surface area contributed by atoms with E-state index in [0.29, 0.717) is 18.5 Å². The first-order valence-corrected chi connectivity index (χ1v) is 6.44. The molecule has 1 aromatic carbocycles. The molecule has 102 valence electrons. The average Bonchev–Trinajstić information content (AvgIpc) is 2.66. The summed E-state index contributed by atoms with van der Waals surface area (Å²) in [7, 11) is 0. The van der Waals surface area contributed by atoms with Crippen molar-refractivity contribution in [3.63, 3.8) is 0 Å². The number of ether oxygens (including phenoxy) is 1. The number of aromatic nitrogens is 2. The van der Waals surface area contributed by atoms with E-state index in [2.05, 4.69) is 18.8 Å². The number of para-hydroxylation sites is 2. The fourth-order valence-electron chi connectivity index (χ4n) is 1.84. The summed E-state index contributed by atoms with van der Waals surface area (Å²) in [6.45, 7) is 4.73. The van der Waals surface area contributed by atoms with Crippen LogP contribution in [0.1, 0.15) is 20.3 Å². The van der Waals surface area contributed by atoms with Gasteiger partial charge in [-0.3, -0.25) is 9.36 Å². The molecule has 0 saturated carbocycles. The molecular weight excluding hydrogens is 242 g/mol. The zero-order chi connectivity index (χ0) is 13.8. The minimum Gasteiger partial charge on any atom is -0.464 e. The van der Waals surface area contributed by atoms with Crippen molar-refractivity contribution in [2.75, 3.05) is 12.3 Å². The van der Waals surface area contributed by atoms with Crippen molar-refractivity contribution >= 4 is 23.0 Å². The second-order valence-electron chi connectivity index (χ2n) is 4.95. The number of nitrogens with zero attached hydrogens (tertiary/aromatic N) is 2. The quantitative estimate of drug-likeness (QED) is 0.838. The Balaban J connectivity index is 2.04. The van der Waals surface area contributed by atoms with Gasteiger partial charge in [-0.05, 0) is 24.5 Å². The zero-order valence-corrected chi connectivity index (χ0v) is 11.3. The van der Waals surface area contributed by atoms with Gasteiger partial charge in [-0.1, -0.05) is 26.0 Å². The Hall–Kier alpha value is -2.04. The fourth-order valence-corrected chi connectivity index (χ4v) is 1.84. The maximum atomic E-state index is 11.8. The molecule has 0 radical (unpaired) electrons. The van der Waals surface area contributed by atoms with Gasteiger partial charge in [0.2, 0.25) is 5.95 Å². The first-order valence-electron chi connectivity index (χ1n) is 6.44. The predicted molar refractivity (Wildman–Crippen MR) is 74.6 cm³/mol. The molecule has 5 heteroatoms. The molecule has 19 heavy (non-hydrogen) atoms. The molecule has 0 unspecified atom stereocenters. The zero-order valence-electron chi connectivity index (χ0n) is 11.3. The fraction of sp³-hybridized carbons (Fsp3) is 0.429. The largest absolute Gasteiger partial charge is 0.464 e. The molecule has 0 fully saturated rings. The molecule has 1 heterocycles. The molecule has 0 amide bonds. The van der Waals surface area contributed by atoms with Gasteiger partial charge in [0, 0.05) is 0 Å². The number of nitrogen functional groups attached to an aromatic ring is 1. The third-order valence-corrected chi connectivity index (χ3v) is 2.93. The molecule has 5 nitrogen and oxygen atoms in total. The number of hydrogen-bond acceptors (Lipinski definition) is 4. The van der Waals surface area contributed by atoms with E-state index in [1.165, 1.54) is 0 Å². The van der Waals surface area contributed by atoms with E-state index in [4.69, 9.17) is 10.5 Å². The molecule has 0 atom stereocenters. The Bertz CT molecular complexity index is 575. The van der Waals surface area contributed by atoms with Gasteiger partial charge >= 0.3 is 5.97 Å². The average molecular weight is 261 g/mol. The van der Waals surface area contributed by atoms with Crippen LogP contribution in [0.5, 0.6) is 0 Å². The first kappa shape index (κ1) is 13.4. The Morgan fingerprint density at radius 1 is 1.42 bits per heavy atom. The Morgan fingerprint density at radius 2 is 2.16 bits per heavy atom. The number of rotatable bonds is 5. The van der Waals surface area contributed by atoms with Gasteiger partial charge in [-0.15, -0.1) is 0 Å². The normalized spacial score (nSPS) is 11.1. The molecule has 0 aliphatic heterocycles. The Kier molecular flexibility index (Phi) is 4.04. The van der Waals surface area contributed by atoms with Crippen LogP contribution in [0.4, 0.5) is 5.95 Å². The number of carbonyl (C=O) groups is 1. The van der Waals surface area contributed by atoms with E-state index < -0.39 is 0 Å². The van der Waals surface area contributed by atoms with Gasteiger partial charge in [0.15, 0.2) is 0 Å². The van der Waals surface area contributed by atoms with Crippen molar-refractivity contribution in [3.8, 4) is 0 Å². The number of esters is 1. The highest BCUT2D eigenvalue weighted by Gasteiger charge is 2.12. The smallest absolute Gasteiger partial charge is 0.326 e.